The van der Waals surface area contributed by atoms with Crippen molar-refractivity contribution >= 4 is 21.7 Å². The molecule has 0 amide bonds. The van der Waals surface area contributed by atoms with Crippen molar-refractivity contribution in [2.45, 2.75) is 52.9 Å². The predicted molar refractivity (Wildman–Crippen MR) is 126 cm³/mol. The average molecular weight is 412 g/mol. The van der Waals surface area contributed by atoms with Gasteiger partial charge < -0.3 is 4.74 Å². The Morgan fingerprint density at radius 2 is 1.13 bits per heavy atom. The maximum absolute atomic E-state index is 6.52. The van der Waals surface area contributed by atoms with Gasteiger partial charge in [-0.3, -0.25) is 0 Å². The first-order chi connectivity index (χ1) is 14.9. The fourth-order valence-electron chi connectivity index (χ4n) is 4.39. The smallest absolute Gasteiger partial charge is 0.174 e. The molecule has 0 aliphatic heterocycles. The minimum Gasteiger partial charge on any atom is -0.490 e. The lowest BCUT2D eigenvalue weighted by molar-refractivity contribution is 0.157. The highest BCUT2D eigenvalue weighted by molar-refractivity contribution is 7.97. The van der Waals surface area contributed by atoms with Gasteiger partial charge in [0.2, 0.25) is 0 Å². The zero-order valence-corrected chi connectivity index (χ0v) is 18.0. The van der Waals surface area contributed by atoms with Crippen LogP contribution in [0.5, 0.6) is 5.75 Å². The zero-order chi connectivity index (χ0) is 20.2. The van der Waals surface area contributed by atoms with Crippen LogP contribution >= 0.6 is 0 Å². The molecule has 0 spiro atoms. The van der Waals surface area contributed by atoms with Crippen molar-refractivity contribution in [1.29, 1.82) is 0 Å². The minimum atomic E-state index is -0.160. The average Bonchev–Trinajstić information content (AvgIpc) is 2.83. The van der Waals surface area contributed by atoms with Gasteiger partial charge in [0.25, 0.3) is 0 Å². The Labute approximate surface area is 182 Å². The molecule has 2 heteroatoms. The number of benzene rings is 4. The normalized spacial score (nSPS) is 14.8. The summed E-state index contributed by atoms with van der Waals surface area (Å²) in [7, 11) is -0.160. The second kappa shape index (κ2) is 8.97. The van der Waals surface area contributed by atoms with E-state index in [0.29, 0.717) is 6.10 Å². The number of hydrogen-bond acceptors (Lipinski definition) is 1. The van der Waals surface area contributed by atoms with E-state index in [9.17, 15) is 0 Å². The lowest BCUT2D eigenvalue weighted by Crippen LogP contribution is -2.19. The highest BCUT2D eigenvalue weighted by Gasteiger charge is 2.31. The fraction of sp³-hybridized carbons (Fsp3) is 0.214. The van der Waals surface area contributed by atoms with E-state index in [4.69, 9.17) is 4.74 Å². The van der Waals surface area contributed by atoms with Gasteiger partial charge in [0.15, 0.2) is 14.7 Å². The maximum atomic E-state index is 6.52. The Balaban J connectivity index is 1.63. The summed E-state index contributed by atoms with van der Waals surface area (Å²) >= 11 is 0. The number of rotatable bonds is 5. The second-order valence-electron chi connectivity index (χ2n) is 7.92. The molecule has 30 heavy (non-hydrogen) atoms. The van der Waals surface area contributed by atoms with Crippen LogP contribution in [-0.4, -0.2) is 6.10 Å². The van der Waals surface area contributed by atoms with E-state index in [1.807, 2.05) is 0 Å². The summed E-state index contributed by atoms with van der Waals surface area (Å²) in [6, 6.07) is 35.0. The first-order valence-electron chi connectivity index (χ1n) is 10.9. The van der Waals surface area contributed by atoms with Crippen LogP contribution in [0.3, 0.4) is 0 Å². The van der Waals surface area contributed by atoms with Gasteiger partial charge in [0, 0.05) is 10.8 Å². The number of ether oxygens (including phenoxy) is 1. The van der Waals surface area contributed by atoms with Gasteiger partial charge in [0.1, 0.15) is 5.75 Å². The summed E-state index contributed by atoms with van der Waals surface area (Å²) in [5, 5.41) is 2.52. The first kappa shape index (κ1) is 19.3. The summed E-state index contributed by atoms with van der Waals surface area (Å²) in [4.78, 5) is 4.04. The Hall–Kier alpha value is -2.71. The van der Waals surface area contributed by atoms with Crippen LogP contribution in [0.25, 0.3) is 10.8 Å². The first-order valence-corrected chi connectivity index (χ1v) is 12.2. The molecule has 4 aromatic rings. The summed E-state index contributed by atoms with van der Waals surface area (Å²) in [6.45, 7) is 0. The van der Waals surface area contributed by atoms with Crippen molar-refractivity contribution < 1.29 is 4.74 Å². The lowest BCUT2D eigenvalue weighted by atomic mass is 9.97. The molecular formula is C28H27OS+. The standard InChI is InChI=1S/C28H27OS/c1-4-12-22(13-5-1)29-27-20-21-28(26-19-11-10-18-25(26)27)30(23-14-6-2-7-15-23)24-16-8-3-9-17-24/h2-3,6-11,14-22H,1,4-5,12-13H2/q+1. The molecule has 0 bridgehead atoms. The van der Waals surface area contributed by atoms with Crippen LogP contribution in [0.1, 0.15) is 32.1 Å². The van der Waals surface area contributed by atoms with Crippen LogP contribution in [0, 0.1) is 0 Å². The second-order valence-corrected chi connectivity index (χ2v) is 9.91. The van der Waals surface area contributed by atoms with Crippen molar-refractivity contribution in [1.82, 2.24) is 0 Å². The van der Waals surface area contributed by atoms with Crippen LogP contribution in [0.2, 0.25) is 0 Å². The maximum Gasteiger partial charge on any atom is 0.174 e. The van der Waals surface area contributed by atoms with Gasteiger partial charge in [-0.2, -0.15) is 0 Å². The molecule has 1 aliphatic carbocycles. The van der Waals surface area contributed by atoms with Crippen LogP contribution in [-0.2, 0) is 10.9 Å². The van der Waals surface area contributed by atoms with Crippen molar-refractivity contribution in [3.05, 3.63) is 97.1 Å². The van der Waals surface area contributed by atoms with Crippen molar-refractivity contribution in [3.8, 4) is 5.75 Å². The molecule has 150 valence electrons. The van der Waals surface area contributed by atoms with E-state index < -0.39 is 0 Å². The molecule has 5 rings (SSSR count). The van der Waals surface area contributed by atoms with Crippen molar-refractivity contribution in [2.75, 3.05) is 0 Å². The third kappa shape index (κ3) is 3.97. The topological polar surface area (TPSA) is 9.23 Å². The van der Waals surface area contributed by atoms with Crippen molar-refractivity contribution in [3.63, 3.8) is 0 Å². The summed E-state index contributed by atoms with van der Waals surface area (Å²) < 4.78 is 6.52. The summed E-state index contributed by atoms with van der Waals surface area (Å²) in [5.74, 6) is 1.03. The Morgan fingerprint density at radius 1 is 0.567 bits per heavy atom. The predicted octanol–water partition coefficient (Wildman–Crippen LogP) is 7.65. The van der Waals surface area contributed by atoms with E-state index in [0.717, 1.165) is 5.75 Å². The molecule has 0 saturated heterocycles. The fourth-order valence-corrected chi connectivity index (χ4v) is 6.63. The van der Waals surface area contributed by atoms with Crippen LogP contribution in [0.15, 0.2) is 112 Å². The van der Waals surface area contributed by atoms with Crippen LogP contribution < -0.4 is 4.74 Å². The van der Waals surface area contributed by atoms with Crippen LogP contribution in [0.4, 0.5) is 0 Å². The highest BCUT2D eigenvalue weighted by atomic mass is 32.2. The molecule has 1 saturated carbocycles. The lowest BCUT2D eigenvalue weighted by Gasteiger charge is -2.24. The third-order valence-corrected chi connectivity index (χ3v) is 8.15. The quantitative estimate of drug-likeness (QED) is 0.306. The Bertz CT molecular complexity index is 1060. The molecular weight excluding hydrogens is 384 g/mol. The molecule has 1 nitrogen and oxygen atoms in total. The van der Waals surface area contributed by atoms with E-state index >= 15 is 0 Å². The zero-order valence-electron chi connectivity index (χ0n) is 17.2. The van der Waals surface area contributed by atoms with Crippen molar-refractivity contribution in [2.24, 2.45) is 0 Å². The Kier molecular flexibility index (Phi) is 5.76. The van der Waals surface area contributed by atoms with E-state index in [-0.39, 0.29) is 10.9 Å². The summed E-state index contributed by atoms with van der Waals surface area (Å²) in [5.41, 5.74) is 0. The monoisotopic (exact) mass is 411 g/mol. The largest absolute Gasteiger partial charge is 0.490 e. The van der Waals surface area contributed by atoms with Gasteiger partial charge in [-0.05, 0) is 68.1 Å². The van der Waals surface area contributed by atoms with Gasteiger partial charge in [-0.1, -0.05) is 61.0 Å². The molecule has 0 heterocycles. The SMILES string of the molecule is c1ccc([S+](c2ccccc2)c2ccc(OC3CCCCC3)c3ccccc23)cc1. The molecule has 0 radical (unpaired) electrons. The van der Waals surface area contributed by atoms with E-state index in [2.05, 4.69) is 97.1 Å². The van der Waals surface area contributed by atoms with E-state index in [1.165, 1.54) is 57.6 Å². The van der Waals surface area contributed by atoms with Gasteiger partial charge in [0.05, 0.1) is 17.0 Å². The molecule has 1 fully saturated rings. The molecule has 4 aromatic carbocycles. The number of fused-ring (bicyclic) bond motifs is 1. The van der Waals surface area contributed by atoms with Gasteiger partial charge >= 0.3 is 0 Å². The number of hydrogen-bond donors (Lipinski definition) is 0. The molecule has 1 aliphatic rings. The molecule has 0 unspecified atom stereocenters. The molecule has 0 aromatic heterocycles. The van der Waals surface area contributed by atoms with Gasteiger partial charge in [-0.25, -0.2) is 0 Å². The Morgan fingerprint density at radius 3 is 1.77 bits per heavy atom. The third-order valence-electron chi connectivity index (χ3n) is 5.87. The minimum absolute atomic E-state index is 0.160. The molecule has 0 N–H and O–H groups in total. The van der Waals surface area contributed by atoms with Gasteiger partial charge in [-0.15, -0.1) is 0 Å². The van der Waals surface area contributed by atoms with E-state index in [1.54, 1.807) is 0 Å². The summed E-state index contributed by atoms with van der Waals surface area (Å²) in [6.07, 6.45) is 6.62. The highest BCUT2D eigenvalue weighted by Crippen LogP contribution is 2.39. The molecule has 0 atom stereocenters.